The number of nitrogens with zero attached hydrogens (tertiary/aromatic N) is 2. The third-order valence-electron chi connectivity index (χ3n) is 4.41. The molecular formula is C17H22N2O2. The summed E-state index contributed by atoms with van der Waals surface area (Å²) < 4.78 is 0. The van der Waals surface area contributed by atoms with Gasteiger partial charge in [0.25, 0.3) is 0 Å². The first-order chi connectivity index (χ1) is 10.3. The van der Waals surface area contributed by atoms with E-state index in [2.05, 4.69) is 0 Å². The Balaban J connectivity index is 1.94. The molecule has 0 radical (unpaired) electrons. The second-order valence-electron chi connectivity index (χ2n) is 5.87. The first-order valence-electron chi connectivity index (χ1n) is 7.91. The van der Waals surface area contributed by atoms with Crippen molar-refractivity contribution in [2.75, 3.05) is 13.1 Å². The summed E-state index contributed by atoms with van der Waals surface area (Å²) in [6.07, 6.45) is 4.97. The molecule has 0 saturated carbocycles. The molecule has 2 heterocycles. The van der Waals surface area contributed by atoms with E-state index in [1.807, 2.05) is 40.1 Å². The summed E-state index contributed by atoms with van der Waals surface area (Å²) in [5, 5.41) is 0. The van der Waals surface area contributed by atoms with Crippen molar-refractivity contribution < 1.29 is 9.59 Å². The van der Waals surface area contributed by atoms with Gasteiger partial charge in [0.1, 0.15) is 6.17 Å². The Kier molecular flexibility index (Phi) is 4.23. The van der Waals surface area contributed by atoms with Gasteiger partial charge in [0.05, 0.1) is 0 Å². The minimum absolute atomic E-state index is 0.175. The van der Waals surface area contributed by atoms with Crippen LogP contribution < -0.4 is 0 Å². The molecule has 2 amide bonds. The third kappa shape index (κ3) is 2.94. The molecule has 1 aromatic carbocycles. The number of benzene rings is 1. The lowest BCUT2D eigenvalue weighted by Crippen LogP contribution is -2.50. The number of rotatable bonds is 3. The van der Waals surface area contributed by atoms with Crippen LogP contribution >= 0.6 is 0 Å². The minimum atomic E-state index is -0.216. The summed E-state index contributed by atoms with van der Waals surface area (Å²) in [7, 11) is 0. The van der Waals surface area contributed by atoms with Gasteiger partial charge in [-0.15, -0.1) is 0 Å². The molecule has 0 N–H and O–H groups in total. The molecule has 3 rings (SSSR count). The first kappa shape index (κ1) is 14.1. The van der Waals surface area contributed by atoms with Gasteiger partial charge >= 0.3 is 0 Å². The van der Waals surface area contributed by atoms with Crippen LogP contribution in [-0.2, 0) is 9.59 Å². The van der Waals surface area contributed by atoms with Gasteiger partial charge in [-0.3, -0.25) is 9.59 Å². The van der Waals surface area contributed by atoms with Gasteiger partial charge in [-0.2, -0.15) is 0 Å². The largest absolute Gasteiger partial charge is 0.318 e. The SMILES string of the molecule is O=C1CCCCN1C(c1ccccc1)N1CCCCC1=O. The van der Waals surface area contributed by atoms with Crippen molar-refractivity contribution in [3.63, 3.8) is 0 Å². The lowest BCUT2D eigenvalue weighted by molar-refractivity contribution is -0.150. The average molecular weight is 286 g/mol. The van der Waals surface area contributed by atoms with E-state index in [-0.39, 0.29) is 18.0 Å². The molecule has 2 aliphatic heterocycles. The molecule has 112 valence electrons. The van der Waals surface area contributed by atoms with Crippen LogP contribution in [0.15, 0.2) is 30.3 Å². The summed E-state index contributed by atoms with van der Waals surface area (Å²) in [5.74, 6) is 0.349. The number of carbonyl (C=O) groups excluding carboxylic acids is 2. The highest BCUT2D eigenvalue weighted by Gasteiger charge is 2.35. The van der Waals surface area contributed by atoms with Crippen LogP contribution in [0.2, 0.25) is 0 Å². The summed E-state index contributed by atoms with van der Waals surface area (Å²) in [6.45, 7) is 1.50. The van der Waals surface area contributed by atoms with Gasteiger partial charge in [-0.05, 0) is 31.2 Å². The van der Waals surface area contributed by atoms with E-state index in [0.29, 0.717) is 12.8 Å². The maximum absolute atomic E-state index is 12.3. The van der Waals surface area contributed by atoms with Crippen LogP contribution in [0.1, 0.15) is 50.3 Å². The Hall–Kier alpha value is -1.84. The predicted molar refractivity (Wildman–Crippen MR) is 80.3 cm³/mol. The van der Waals surface area contributed by atoms with E-state index in [1.165, 1.54) is 0 Å². The van der Waals surface area contributed by atoms with Crippen molar-refractivity contribution in [3.8, 4) is 0 Å². The van der Waals surface area contributed by atoms with Crippen molar-refractivity contribution in [2.24, 2.45) is 0 Å². The van der Waals surface area contributed by atoms with Crippen molar-refractivity contribution in [2.45, 2.75) is 44.7 Å². The lowest BCUT2D eigenvalue weighted by atomic mass is 10.0. The minimum Gasteiger partial charge on any atom is -0.318 e. The topological polar surface area (TPSA) is 40.6 Å². The molecule has 0 spiro atoms. The summed E-state index contributed by atoms with van der Waals surface area (Å²) in [5.41, 5.74) is 1.04. The zero-order valence-electron chi connectivity index (χ0n) is 12.3. The number of likely N-dealkylation sites (tertiary alicyclic amines) is 2. The summed E-state index contributed by atoms with van der Waals surface area (Å²) in [4.78, 5) is 28.5. The second-order valence-corrected chi connectivity index (χ2v) is 5.87. The van der Waals surface area contributed by atoms with E-state index in [4.69, 9.17) is 0 Å². The predicted octanol–water partition coefficient (Wildman–Crippen LogP) is 2.71. The molecule has 4 nitrogen and oxygen atoms in total. The first-order valence-corrected chi connectivity index (χ1v) is 7.91. The van der Waals surface area contributed by atoms with Gasteiger partial charge in [0, 0.05) is 25.9 Å². The number of amides is 2. The quantitative estimate of drug-likeness (QED) is 0.857. The molecular weight excluding hydrogens is 264 g/mol. The van der Waals surface area contributed by atoms with E-state index in [9.17, 15) is 9.59 Å². The maximum atomic E-state index is 12.3. The molecule has 0 aromatic heterocycles. The molecule has 0 aliphatic carbocycles. The highest BCUT2D eigenvalue weighted by Crippen LogP contribution is 2.31. The summed E-state index contributed by atoms with van der Waals surface area (Å²) in [6, 6.07) is 9.97. The Morgan fingerprint density at radius 1 is 0.762 bits per heavy atom. The highest BCUT2D eigenvalue weighted by molar-refractivity contribution is 5.80. The van der Waals surface area contributed by atoms with Crippen molar-refractivity contribution in [1.82, 2.24) is 9.80 Å². The average Bonchev–Trinajstić information content (AvgIpc) is 2.52. The van der Waals surface area contributed by atoms with Crippen molar-refractivity contribution >= 4 is 11.8 Å². The van der Waals surface area contributed by atoms with Crippen molar-refractivity contribution in [1.29, 1.82) is 0 Å². The van der Waals surface area contributed by atoms with E-state index in [1.54, 1.807) is 0 Å². The molecule has 2 saturated heterocycles. The van der Waals surface area contributed by atoms with Crippen LogP contribution in [0.4, 0.5) is 0 Å². The fourth-order valence-corrected chi connectivity index (χ4v) is 3.32. The Morgan fingerprint density at radius 3 is 1.76 bits per heavy atom. The standard InChI is InChI=1S/C17H22N2O2/c20-15-10-4-6-12-18(15)17(14-8-2-1-3-9-14)19-13-7-5-11-16(19)21/h1-3,8-9,17H,4-7,10-13H2. The van der Waals surface area contributed by atoms with Gasteiger partial charge in [-0.25, -0.2) is 0 Å². The van der Waals surface area contributed by atoms with E-state index < -0.39 is 0 Å². The van der Waals surface area contributed by atoms with Crippen molar-refractivity contribution in [3.05, 3.63) is 35.9 Å². The van der Waals surface area contributed by atoms with Gasteiger partial charge in [0.2, 0.25) is 11.8 Å². The molecule has 2 fully saturated rings. The molecule has 2 aliphatic rings. The second kappa shape index (κ2) is 6.29. The van der Waals surface area contributed by atoms with Crippen LogP contribution in [0.3, 0.4) is 0 Å². The summed E-state index contributed by atoms with van der Waals surface area (Å²) >= 11 is 0. The van der Waals surface area contributed by atoms with Crippen LogP contribution in [0.5, 0.6) is 0 Å². The van der Waals surface area contributed by atoms with Gasteiger partial charge in [-0.1, -0.05) is 30.3 Å². The van der Waals surface area contributed by atoms with Gasteiger partial charge in [0.15, 0.2) is 0 Å². The monoisotopic (exact) mass is 286 g/mol. The van der Waals surface area contributed by atoms with Crippen LogP contribution in [0.25, 0.3) is 0 Å². The number of piperidine rings is 2. The lowest BCUT2D eigenvalue weighted by Gasteiger charge is -2.43. The smallest absolute Gasteiger partial charge is 0.224 e. The van der Waals surface area contributed by atoms with E-state index in [0.717, 1.165) is 44.3 Å². The van der Waals surface area contributed by atoms with Crippen LogP contribution in [-0.4, -0.2) is 34.7 Å². The molecule has 0 bridgehead atoms. The number of hydrogen-bond donors (Lipinski definition) is 0. The Labute approximate surface area is 125 Å². The zero-order valence-corrected chi connectivity index (χ0v) is 12.3. The fourth-order valence-electron chi connectivity index (χ4n) is 3.32. The molecule has 0 unspecified atom stereocenters. The Morgan fingerprint density at radius 2 is 1.29 bits per heavy atom. The molecule has 4 heteroatoms. The van der Waals surface area contributed by atoms with Crippen LogP contribution in [0, 0.1) is 0 Å². The third-order valence-corrected chi connectivity index (χ3v) is 4.41. The maximum Gasteiger partial charge on any atom is 0.224 e. The normalized spacial score (nSPS) is 20.2. The number of hydrogen-bond acceptors (Lipinski definition) is 2. The van der Waals surface area contributed by atoms with E-state index >= 15 is 0 Å². The fraction of sp³-hybridized carbons (Fsp3) is 0.529. The zero-order chi connectivity index (χ0) is 14.7. The number of carbonyl (C=O) groups is 2. The highest BCUT2D eigenvalue weighted by atomic mass is 16.2. The molecule has 0 atom stereocenters. The Bertz CT molecular complexity index is 487. The molecule has 1 aromatic rings. The van der Waals surface area contributed by atoms with Gasteiger partial charge < -0.3 is 9.80 Å². The molecule has 21 heavy (non-hydrogen) atoms.